The van der Waals surface area contributed by atoms with Crippen molar-refractivity contribution in [1.29, 1.82) is 0 Å². The highest BCUT2D eigenvalue weighted by Crippen LogP contribution is 2.67. The summed E-state index contributed by atoms with van der Waals surface area (Å²) in [5.41, 5.74) is 5.11. The van der Waals surface area contributed by atoms with Crippen molar-refractivity contribution >= 4 is 12.2 Å². The standard InChI is InChI=1S/C22H36N2O4/c1-19(2)13-7-9-21(19,5)15(11-13)27-17(25)23-24-18(26)28-16-12-14-8-10-22(16,6)20(14,3)4/h13-16H,7-12H2,1-6H3,(H,23,25)(H,24,26)/t13-,14-,15+,16+,21+,22+/m0/s1. The first-order chi connectivity index (χ1) is 12.9. The number of fused-ring (bicyclic) bond motifs is 4. The van der Waals surface area contributed by atoms with Gasteiger partial charge in [0.1, 0.15) is 12.2 Å². The van der Waals surface area contributed by atoms with Gasteiger partial charge in [-0.15, -0.1) is 0 Å². The Balaban J connectivity index is 1.27. The van der Waals surface area contributed by atoms with Crippen LogP contribution in [0.4, 0.5) is 9.59 Å². The SMILES string of the molecule is CC1(C)[C@H]2CC[C@]1(C)[C@H](OC(=O)NNC(=O)O[C@@H]1C[C@@H]3CC[C@@]1(C)C3(C)C)C2. The fourth-order valence-corrected chi connectivity index (χ4v) is 7.04. The molecule has 0 heterocycles. The van der Waals surface area contributed by atoms with Gasteiger partial charge in [-0.25, -0.2) is 20.4 Å². The van der Waals surface area contributed by atoms with E-state index >= 15 is 0 Å². The lowest BCUT2D eigenvalue weighted by atomic mass is 9.70. The van der Waals surface area contributed by atoms with E-state index in [9.17, 15) is 9.59 Å². The molecule has 0 unspecified atom stereocenters. The number of hydrogen-bond donors (Lipinski definition) is 2. The maximum atomic E-state index is 12.3. The molecule has 28 heavy (non-hydrogen) atoms. The summed E-state index contributed by atoms with van der Waals surface area (Å²) in [6.45, 7) is 13.5. The predicted octanol–water partition coefficient (Wildman–Crippen LogP) is 4.78. The van der Waals surface area contributed by atoms with Gasteiger partial charge in [0.2, 0.25) is 0 Å². The monoisotopic (exact) mass is 392 g/mol. The third kappa shape index (κ3) is 2.51. The highest BCUT2D eigenvalue weighted by Gasteiger charge is 2.64. The van der Waals surface area contributed by atoms with Crippen LogP contribution < -0.4 is 10.9 Å². The van der Waals surface area contributed by atoms with E-state index in [1.807, 2.05) is 0 Å². The Morgan fingerprint density at radius 3 is 1.32 bits per heavy atom. The number of amides is 2. The molecular formula is C22H36N2O4. The highest BCUT2D eigenvalue weighted by atomic mass is 16.6. The van der Waals surface area contributed by atoms with Crippen LogP contribution in [0.15, 0.2) is 0 Å². The van der Waals surface area contributed by atoms with Gasteiger partial charge < -0.3 is 9.47 Å². The minimum Gasteiger partial charge on any atom is -0.444 e. The Kier molecular flexibility index (Phi) is 4.27. The number of carbonyl (C=O) groups excluding carboxylic acids is 2. The molecule has 4 fully saturated rings. The molecule has 6 heteroatoms. The first-order valence-electron chi connectivity index (χ1n) is 10.8. The summed E-state index contributed by atoms with van der Waals surface area (Å²) in [6.07, 6.45) is 4.94. The predicted molar refractivity (Wildman–Crippen MR) is 105 cm³/mol. The van der Waals surface area contributed by atoms with Gasteiger partial charge in [-0.2, -0.15) is 0 Å². The van der Waals surface area contributed by atoms with Gasteiger partial charge in [0.25, 0.3) is 0 Å². The van der Waals surface area contributed by atoms with Crippen LogP contribution in [0.2, 0.25) is 0 Å². The quantitative estimate of drug-likeness (QED) is 0.663. The van der Waals surface area contributed by atoms with Crippen LogP contribution in [0, 0.1) is 33.5 Å². The Hall–Kier alpha value is -1.46. The minimum atomic E-state index is -0.606. The van der Waals surface area contributed by atoms with E-state index in [0.29, 0.717) is 11.8 Å². The lowest BCUT2D eigenvalue weighted by molar-refractivity contribution is -0.0130. The second-order valence-corrected chi connectivity index (χ2v) is 11.3. The highest BCUT2D eigenvalue weighted by molar-refractivity contribution is 5.74. The number of hydrazine groups is 1. The second kappa shape index (κ2) is 6.02. The van der Waals surface area contributed by atoms with Crippen LogP contribution >= 0.6 is 0 Å². The summed E-state index contributed by atoms with van der Waals surface area (Å²) in [5, 5.41) is 0. The zero-order valence-electron chi connectivity index (χ0n) is 18.2. The molecule has 158 valence electrons. The van der Waals surface area contributed by atoms with Gasteiger partial charge in [-0.1, -0.05) is 41.5 Å². The molecule has 0 aliphatic heterocycles. The molecule has 0 radical (unpaired) electrons. The molecule has 0 spiro atoms. The van der Waals surface area contributed by atoms with Crippen molar-refractivity contribution < 1.29 is 19.1 Å². The molecule has 0 saturated heterocycles. The zero-order chi connectivity index (χ0) is 20.5. The van der Waals surface area contributed by atoms with E-state index in [-0.39, 0.29) is 33.9 Å². The van der Waals surface area contributed by atoms with Crippen LogP contribution in [0.3, 0.4) is 0 Å². The molecule has 0 aromatic heterocycles. The van der Waals surface area contributed by atoms with Crippen LogP contribution in [0.25, 0.3) is 0 Å². The maximum absolute atomic E-state index is 12.3. The molecular weight excluding hydrogens is 356 g/mol. The van der Waals surface area contributed by atoms with Crippen molar-refractivity contribution in [1.82, 2.24) is 10.9 Å². The van der Waals surface area contributed by atoms with Crippen molar-refractivity contribution in [3.63, 3.8) is 0 Å². The van der Waals surface area contributed by atoms with E-state index in [1.165, 1.54) is 12.8 Å². The van der Waals surface area contributed by atoms with Gasteiger partial charge >= 0.3 is 12.2 Å². The number of nitrogens with one attached hydrogen (secondary N) is 2. The summed E-state index contributed by atoms with van der Waals surface area (Å²) in [5.74, 6) is 1.19. The van der Waals surface area contributed by atoms with E-state index < -0.39 is 12.2 Å². The number of hydrogen-bond acceptors (Lipinski definition) is 4. The van der Waals surface area contributed by atoms with Gasteiger partial charge in [-0.3, -0.25) is 0 Å². The normalized spacial score (nSPS) is 44.4. The average molecular weight is 393 g/mol. The maximum Gasteiger partial charge on any atom is 0.426 e. The first kappa shape index (κ1) is 19.8. The lowest BCUT2D eigenvalue weighted by Gasteiger charge is -2.38. The summed E-state index contributed by atoms with van der Waals surface area (Å²) >= 11 is 0. The van der Waals surface area contributed by atoms with Crippen molar-refractivity contribution in [3.8, 4) is 0 Å². The third-order valence-corrected chi connectivity index (χ3v) is 10.2. The topological polar surface area (TPSA) is 76.7 Å². The largest absolute Gasteiger partial charge is 0.444 e. The molecule has 2 N–H and O–H groups in total. The molecule has 4 aliphatic carbocycles. The van der Waals surface area contributed by atoms with Crippen molar-refractivity contribution in [2.45, 2.75) is 92.3 Å². The number of ether oxygens (including phenoxy) is 2. The van der Waals surface area contributed by atoms with Crippen molar-refractivity contribution in [2.75, 3.05) is 0 Å². The molecule has 4 aliphatic rings. The van der Waals surface area contributed by atoms with Crippen LogP contribution in [0.5, 0.6) is 0 Å². The first-order valence-corrected chi connectivity index (χ1v) is 10.8. The van der Waals surface area contributed by atoms with Crippen molar-refractivity contribution in [3.05, 3.63) is 0 Å². The van der Waals surface area contributed by atoms with Gasteiger partial charge in [0.05, 0.1) is 0 Å². The number of carbonyl (C=O) groups is 2. The van der Waals surface area contributed by atoms with Crippen LogP contribution in [-0.4, -0.2) is 24.4 Å². The second-order valence-electron chi connectivity index (χ2n) is 11.3. The summed E-state index contributed by atoms with van der Waals surface area (Å²) < 4.78 is 11.4. The Morgan fingerprint density at radius 2 is 1.07 bits per heavy atom. The lowest BCUT2D eigenvalue weighted by Crippen LogP contribution is -2.48. The fourth-order valence-electron chi connectivity index (χ4n) is 7.04. The molecule has 4 rings (SSSR count). The zero-order valence-corrected chi connectivity index (χ0v) is 18.2. The molecule has 2 amide bonds. The Morgan fingerprint density at radius 1 is 0.714 bits per heavy atom. The summed E-state index contributed by atoms with van der Waals surface area (Å²) in [7, 11) is 0. The van der Waals surface area contributed by atoms with Crippen LogP contribution in [-0.2, 0) is 9.47 Å². The minimum absolute atomic E-state index is 0.00122. The molecule has 4 bridgehead atoms. The molecule has 6 nitrogen and oxygen atoms in total. The summed E-state index contributed by atoms with van der Waals surface area (Å²) in [6, 6.07) is 0. The average Bonchev–Trinajstić information content (AvgIpc) is 3.12. The van der Waals surface area contributed by atoms with E-state index in [4.69, 9.17) is 9.47 Å². The number of rotatable bonds is 2. The molecule has 0 aromatic rings. The Labute approximate surface area is 168 Å². The molecule has 6 atom stereocenters. The van der Waals surface area contributed by atoms with Gasteiger partial charge in [0, 0.05) is 10.8 Å². The fraction of sp³-hybridized carbons (Fsp3) is 0.909. The van der Waals surface area contributed by atoms with E-state index in [2.05, 4.69) is 52.4 Å². The van der Waals surface area contributed by atoms with E-state index in [0.717, 1.165) is 25.7 Å². The third-order valence-electron chi connectivity index (χ3n) is 10.2. The molecule has 0 aromatic carbocycles. The smallest absolute Gasteiger partial charge is 0.426 e. The van der Waals surface area contributed by atoms with Gasteiger partial charge in [-0.05, 0) is 61.2 Å². The van der Waals surface area contributed by atoms with Crippen LogP contribution in [0.1, 0.15) is 80.1 Å². The molecule has 4 saturated carbocycles. The van der Waals surface area contributed by atoms with E-state index in [1.54, 1.807) is 0 Å². The Bertz CT molecular complexity index is 632. The van der Waals surface area contributed by atoms with Gasteiger partial charge in [0.15, 0.2) is 0 Å². The summed E-state index contributed by atoms with van der Waals surface area (Å²) in [4.78, 5) is 24.5. The van der Waals surface area contributed by atoms with Crippen molar-refractivity contribution in [2.24, 2.45) is 33.5 Å².